The molecule has 0 bridgehead atoms. The minimum absolute atomic E-state index is 0.0219. The van der Waals surface area contributed by atoms with Gasteiger partial charge in [-0.15, -0.1) is 0 Å². The fraction of sp³-hybridized carbons (Fsp3) is 0.158. The highest BCUT2D eigenvalue weighted by atomic mass is 35.5. The first-order valence-corrected chi connectivity index (χ1v) is 8.88. The van der Waals surface area contributed by atoms with Crippen LogP contribution >= 0.6 is 23.2 Å². The molecule has 146 valence electrons. The number of carbonyl (C=O) groups is 3. The zero-order chi connectivity index (χ0) is 20.7. The minimum Gasteiger partial charge on any atom is -0.410 e. The van der Waals surface area contributed by atoms with Crippen molar-refractivity contribution in [3.05, 3.63) is 63.6 Å². The molecule has 0 saturated carbocycles. The van der Waals surface area contributed by atoms with Gasteiger partial charge >= 0.3 is 6.09 Å². The molecule has 2 aromatic rings. The lowest BCUT2D eigenvalue weighted by atomic mass is 10.1. The Morgan fingerprint density at radius 1 is 0.964 bits per heavy atom. The highest BCUT2D eigenvalue weighted by Gasteiger charge is 2.14. The Labute approximate surface area is 171 Å². The highest BCUT2D eigenvalue weighted by Crippen LogP contribution is 2.24. The zero-order valence-corrected chi connectivity index (χ0v) is 16.4. The predicted molar refractivity (Wildman–Crippen MR) is 106 cm³/mol. The largest absolute Gasteiger partial charge is 0.419 e. The van der Waals surface area contributed by atoms with E-state index in [-0.39, 0.29) is 18.0 Å². The van der Waals surface area contributed by atoms with Crippen LogP contribution in [0.25, 0.3) is 0 Å². The summed E-state index contributed by atoms with van der Waals surface area (Å²) in [7, 11) is 0. The maximum atomic E-state index is 12.0. The van der Waals surface area contributed by atoms with E-state index >= 15 is 0 Å². The normalized spacial score (nSPS) is 10.1. The summed E-state index contributed by atoms with van der Waals surface area (Å²) in [6.07, 6.45) is -0.811. The number of Topliss-reactive ketones (excluding diaryl/α,β-unsaturated/α-hetero) is 1. The summed E-state index contributed by atoms with van der Waals surface area (Å²) in [4.78, 5) is 34.9. The molecule has 0 aliphatic heterocycles. The Kier molecular flexibility index (Phi) is 7.54. The van der Waals surface area contributed by atoms with E-state index < -0.39 is 18.0 Å². The van der Waals surface area contributed by atoms with Crippen molar-refractivity contribution < 1.29 is 19.1 Å². The number of nitrogens with one attached hydrogen (secondary N) is 3. The number of ether oxygens (including phenoxy) is 1. The van der Waals surface area contributed by atoms with Gasteiger partial charge in [-0.3, -0.25) is 25.6 Å². The molecule has 0 fully saturated rings. The van der Waals surface area contributed by atoms with Gasteiger partial charge in [-0.25, -0.2) is 4.79 Å². The van der Waals surface area contributed by atoms with E-state index in [4.69, 9.17) is 33.3 Å². The summed E-state index contributed by atoms with van der Waals surface area (Å²) in [5, 5.41) is 12.6. The number of halogens is 2. The molecule has 9 heteroatoms. The third-order valence-electron chi connectivity index (χ3n) is 3.48. The third-order valence-corrected chi connectivity index (χ3v) is 4.19. The van der Waals surface area contributed by atoms with Crippen LogP contribution in [0.1, 0.15) is 18.1 Å². The summed E-state index contributed by atoms with van der Waals surface area (Å²) in [6, 6.07) is 11.2. The number of amides is 2. The van der Waals surface area contributed by atoms with Crippen molar-refractivity contribution in [1.82, 2.24) is 10.6 Å². The van der Waals surface area contributed by atoms with Gasteiger partial charge in [-0.05, 0) is 42.3 Å². The van der Waals surface area contributed by atoms with Gasteiger partial charge in [0.25, 0.3) is 0 Å². The van der Waals surface area contributed by atoms with Crippen molar-refractivity contribution in [2.24, 2.45) is 0 Å². The molecule has 0 atom stereocenters. The van der Waals surface area contributed by atoms with Crippen molar-refractivity contribution in [3.63, 3.8) is 0 Å². The van der Waals surface area contributed by atoms with E-state index in [1.165, 1.54) is 19.1 Å². The Balaban J connectivity index is 1.84. The SMILES string of the molecule is CC(=O)Cc1ccc(OC(=O)NC(=N)NC(=O)Cc2c(Cl)cccc2Cl)cc1. The maximum Gasteiger partial charge on any atom is 0.419 e. The molecule has 3 N–H and O–H groups in total. The van der Waals surface area contributed by atoms with Crippen LogP contribution in [0.3, 0.4) is 0 Å². The molecule has 0 aromatic heterocycles. The van der Waals surface area contributed by atoms with Gasteiger partial charge in [0.15, 0.2) is 0 Å². The Bertz CT molecular complexity index is 894. The number of benzene rings is 2. The second-order valence-electron chi connectivity index (χ2n) is 5.84. The third kappa shape index (κ3) is 6.68. The number of hydrogen-bond acceptors (Lipinski definition) is 5. The van der Waals surface area contributed by atoms with Gasteiger partial charge in [0, 0.05) is 16.5 Å². The first kappa shape index (κ1) is 21.4. The van der Waals surface area contributed by atoms with Gasteiger partial charge in [-0.1, -0.05) is 41.4 Å². The summed E-state index contributed by atoms with van der Waals surface area (Å²) in [5.41, 5.74) is 1.21. The van der Waals surface area contributed by atoms with E-state index in [2.05, 4.69) is 10.6 Å². The molecule has 2 aromatic carbocycles. The monoisotopic (exact) mass is 421 g/mol. The standard InChI is InChI=1S/C19H17Cl2N3O4/c1-11(25)9-12-5-7-13(8-6-12)28-19(27)24-18(22)23-17(26)10-14-15(20)3-2-4-16(14)21/h2-8H,9-10H2,1H3,(H3,22,23,24,26,27). The van der Waals surface area contributed by atoms with Crippen LogP contribution in [0.5, 0.6) is 5.75 Å². The molecule has 2 amide bonds. The Morgan fingerprint density at radius 2 is 1.57 bits per heavy atom. The number of rotatable bonds is 5. The topological polar surface area (TPSA) is 108 Å². The molecule has 0 spiro atoms. The van der Waals surface area contributed by atoms with E-state index in [0.717, 1.165) is 5.56 Å². The summed E-state index contributed by atoms with van der Waals surface area (Å²) in [5.74, 6) is -0.874. The average Bonchev–Trinajstić information content (AvgIpc) is 2.59. The second-order valence-corrected chi connectivity index (χ2v) is 6.65. The van der Waals surface area contributed by atoms with E-state index in [0.29, 0.717) is 22.0 Å². The van der Waals surface area contributed by atoms with Crippen molar-refractivity contribution in [2.75, 3.05) is 0 Å². The first-order valence-electron chi connectivity index (χ1n) is 8.13. The van der Waals surface area contributed by atoms with Gasteiger partial charge in [0.05, 0.1) is 6.42 Å². The van der Waals surface area contributed by atoms with Crippen LogP contribution in [-0.2, 0) is 22.4 Å². The van der Waals surface area contributed by atoms with E-state index in [1.807, 2.05) is 0 Å². The van der Waals surface area contributed by atoms with Crippen molar-refractivity contribution in [1.29, 1.82) is 5.41 Å². The van der Waals surface area contributed by atoms with Gasteiger partial charge < -0.3 is 4.74 Å². The quantitative estimate of drug-likeness (QED) is 0.506. The fourth-order valence-corrected chi connectivity index (χ4v) is 2.81. The minimum atomic E-state index is -0.944. The maximum absolute atomic E-state index is 12.0. The van der Waals surface area contributed by atoms with Crippen molar-refractivity contribution in [2.45, 2.75) is 19.8 Å². The van der Waals surface area contributed by atoms with Gasteiger partial charge in [-0.2, -0.15) is 0 Å². The molecular formula is C19H17Cl2N3O4. The van der Waals surface area contributed by atoms with Crippen LogP contribution in [0.2, 0.25) is 10.0 Å². The molecule has 0 unspecified atom stereocenters. The fourth-order valence-electron chi connectivity index (χ4n) is 2.27. The molecule has 0 aliphatic carbocycles. The number of hydrogen-bond donors (Lipinski definition) is 3. The highest BCUT2D eigenvalue weighted by molar-refractivity contribution is 6.36. The summed E-state index contributed by atoms with van der Waals surface area (Å²) in [6.45, 7) is 1.48. The smallest absolute Gasteiger partial charge is 0.410 e. The summed E-state index contributed by atoms with van der Waals surface area (Å²) >= 11 is 12.0. The zero-order valence-electron chi connectivity index (χ0n) is 14.8. The second kappa shape index (κ2) is 9.87. The van der Waals surface area contributed by atoms with Gasteiger partial charge in [0.1, 0.15) is 11.5 Å². The molecule has 0 radical (unpaired) electrons. The van der Waals surface area contributed by atoms with Crippen LogP contribution in [0, 0.1) is 5.41 Å². The van der Waals surface area contributed by atoms with Crippen LogP contribution in [0.4, 0.5) is 4.79 Å². The molecule has 28 heavy (non-hydrogen) atoms. The summed E-state index contributed by atoms with van der Waals surface area (Å²) < 4.78 is 5.01. The van der Waals surface area contributed by atoms with Crippen LogP contribution < -0.4 is 15.4 Å². The van der Waals surface area contributed by atoms with Crippen LogP contribution in [0.15, 0.2) is 42.5 Å². The van der Waals surface area contributed by atoms with Crippen molar-refractivity contribution >= 4 is 46.9 Å². The molecule has 0 saturated heterocycles. The van der Waals surface area contributed by atoms with E-state index in [9.17, 15) is 14.4 Å². The number of guanidine groups is 1. The average molecular weight is 422 g/mol. The lowest BCUT2D eigenvalue weighted by Crippen LogP contribution is -2.44. The molecule has 0 aliphatic rings. The predicted octanol–water partition coefficient (Wildman–Crippen LogP) is 3.51. The number of carbonyl (C=O) groups excluding carboxylic acids is 3. The molecule has 2 rings (SSSR count). The number of ketones is 1. The first-order chi connectivity index (χ1) is 13.2. The lowest BCUT2D eigenvalue weighted by Gasteiger charge is -2.10. The van der Waals surface area contributed by atoms with Gasteiger partial charge in [0.2, 0.25) is 11.9 Å². The molecule has 7 nitrogen and oxygen atoms in total. The molecule has 0 heterocycles. The van der Waals surface area contributed by atoms with Crippen molar-refractivity contribution in [3.8, 4) is 5.75 Å². The molecular weight excluding hydrogens is 405 g/mol. The Morgan fingerprint density at radius 3 is 2.14 bits per heavy atom. The van der Waals surface area contributed by atoms with E-state index in [1.54, 1.807) is 30.3 Å². The van der Waals surface area contributed by atoms with Crippen LogP contribution in [-0.4, -0.2) is 23.7 Å². The Hall–Kier alpha value is -2.90. The lowest BCUT2D eigenvalue weighted by molar-refractivity contribution is -0.119.